The van der Waals surface area contributed by atoms with Crippen molar-refractivity contribution in [2.45, 2.75) is 18.3 Å². The van der Waals surface area contributed by atoms with Crippen LogP contribution >= 0.6 is 0 Å². The minimum atomic E-state index is -0.752. The molecule has 0 aromatic carbocycles. The van der Waals surface area contributed by atoms with Gasteiger partial charge in [-0.05, 0) is 12.8 Å². The zero-order valence-electron chi connectivity index (χ0n) is 7.29. The molecule has 12 heavy (non-hydrogen) atoms. The van der Waals surface area contributed by atoms with E-state index in [0.717, 1.165) is 0 Å². The van der Waals surface area contributed by atoms with E-state index >= 15 is 0 Å². The third-order valence-electron chi connectivity index (χ3n) is 1.50. The number of hydrogen-bond donors (Lipinski definition) is 0. The van der Waals surface area contributed by atoms with Gasteiger partial charge in [0.1, 0.15) is 15.7 Å². The molecule has 0 aliphatic rings. The van der Waals surface area contributed by atoms with Crippen LogP contribution in [0.4, 0.5) is 0 Å². The van der Waals surface area contributed by atoms with Crippen molar-refractivity contribution < 1.29 is 14.3 Å². The molecule has 0 amide bonds. The molecular weight excluding hydrogens is 174 g/mol. The third kappa shape index (κ3) is 4.41. The van der Waals surface area contributed by atoms with Crippen LogP contribution in [0.15, 0.2) is 4.99 Å². The van der Waals surface area contributed by atoms with Gasteiger partial charge in [0, 0.05) is 14.2 Å². The number of rotatable bonds is 6. The first-order valence-corrected chi connectivity index (χ1v) is 4.07. The Morgan fingerprint density at radius 1 is 1.50 bits per heavy atom. The summed E-state index contributed by atoms with van der Waals surface area (Å²) in [7, 11) is 6.39. The minimum Gasteiger partial charge on any atom is -0.358 e. The van der Waals surface area contributed by atoms with Gasteiger partial charge >= 0.3 is 0 Å². The van der Waals surface area contributed by atoms with Crippen LogP contribution in [0.3, 0.4) is 0 Å². The Hall–Kier alpha value is -0.483. The topological polar surface area (TPSA) is 47.9 Å². The van der Waals surface area contributed by atoms with Crippen LogP contribution in [0.2, 0.25) is 0 Å². The Balaban J connectivity index is 3.65. The number of ether oxygens (including phenoxy) is 2. The van der Waals surface area contributed by atoms with E-state index in [2.05, 4.69) is 15.2 Å². The van der Waals surface area contributed by atoms with Gasteiger partial charge in [-0.2, -0.15) is 0 Å². The summed E-state index contributed by atoms with van der Waals surface area (Å²) < 4.78 is 10.0. The second-order valence-electron chi connectivity index (χ2n) is 2.24. The number of aliphatic imine (C=N–C) groups is 1. The van der Waals surface area contributed by atoms with E-state index in [0.29, 0.717) is 19.4 Å². The first kappa shape index (κ1) is 11.5. The van der Waals surface area contributed by atoms with Crippen molar-refractivity contribution in [2.24, 2.45) is 4.99 Å². The zero-order valence-corrected chi connectivity index (χ0v) is 8.29. The molecule has 0 aromatic rings. The van der Waals surface area contributed by atoms with Crippen LogP contribution in [-0.2, 0) is 14.3 Å². The molecule has 0 heterocycles. The second kappa shape index (κ2) is 6.08. The van der Waals surface area contributed by atoms with E-state index < -0.39 is 5.41 Å². The van der Waals surface area contributed by atoms with Gasteiger partial charge in [0.15, 0.2) is 0 Å². The highest BCUT2D eigenvalue weighted by Crippen LogP contribution is 2.13. The highest BCUT2D eigenvalue weighted by Gasteiger charge is 2.21. The fourth-order valence-electron chi connectivity index (χ4n) is 0.724. The molecule has 0 atom stereocenters. The first-order chi connectivity index (χ1) is 5.68. The molecule has 67 valence electrons. The maximum atomic E-state index is 9.70. The second-order valence-corrected chi connectivity index (χ2v) is 3.00. The number of isocyanates is 1. The van der Waals surface area contributed by atoms with Crippen molar-refractivity contribution in [1.82, 2.24) is 0 Å². The normalized spacial score (nSPS) is 10.9. The maximum Gasteiger partial charge on any atom is 0.234 e. The lowest BCUT2D eigenvalue weighted by Crippen LogP contribution is -2.34. The Morgan fingerprint density at radius 2 is 2.08 bits per heavy atom. The molecule has 0 N–H and O–H groups in total. The van der Waals surface area contributed by atoms with Crippen molar-refractivity contribution in [3.63, 3.8) is 0 Å². The molecule has 0 saturated heterocycles. The Labute approximate surface area is 75.4 Å². The molecule has 0 aromatic heterocycles. The van der Waals surface area contributed by atoms with Gasteiger partial charge in [0.05, 0.1) is 6.54 Å². The summed E-state index contributed by atoms with van der Waals surface area (Å²) >= 11 is 0. The first-order valence-electron chi connectivity index (χ1n) is 3.57. The summed E-state index contributed by atoms with van der Waals surface area (Å²) in [5.74, 6) is 0. The van der Waals surface area contributed by atoms with Crippen LogP contribution in [-0.4, -0.2) is 42.5 Å². The number of methoxy groups -OCH3 is 2. The smallest absolute Gasteiger partial charge is 0.234 e. The number of nitrogens with zero attached hydrogens (tertiary/aromatic N) is 1. The quantitative estimate of drug-likeness (QED) is 0.196. The summed E-state index contributed by atoms with van der Waals surface area (Å²) in [5, 5.41) is 0. The Bertz CT molecular complexity index is 164. The molecule has 0 fully saturated rings. The molecule has 3 radical (unpaired) electrons. The average Bonchev–Trinajstić information content (AvgIpc) is 2.12. The van der Waals surface area contributed by atoms with Gasteiger partial charge in [0.2, 0.25) is 6.08 Å². The lowest BCUT2D eigenvalue weighted by atomic mass is 10.3. The summed E-state index contributed by atoms with van der Waals surface area (Å²) in [6.45, 7) is 0.447. The molecule has 0 bridgehead atoms. The minimum absolute atomic E-state index is 0.447. The lowest BCUT2D eigenvalue weighted by Gasteiger charge is -2.25. The summed E-state index contributed by atoms with van der Waals surface area (Å²) in [5.41, 5.74) is -0.752. The highest BCUT2D eigenvalue weighted by molar-refractivity contribution is 6.13. The van der Waals surface area contributed by atoms with Crippen molar-refractivity contribution >= 4 is 16.3 Å². The molecule has 0 aliphatic carbocycles. The molecule has 5 heteroatoms. The van der Waals surface area contributed by atoms with Crippen LogP contribution in [0.25, 0.3) is 0 Å². The highest BCUT2D eigenvalue weighted by atomic mass is 28.1. The molecule has 0 aliphatic heterocycles. The van der Waals surface area contributed by atoms with Gasteiger partial charge in [-0.1, -0.05) is 0 Å². The van der Waals surface area contributed by atoms with Crippen LogP contribution in [0, 0.1) is 0 Å². The summed E-state index contributed by atoms with van der Waals surface area (Å²) in [4.78, 5) is 13.1. The van der Waals surface area contributed by atoms with Crippen molar-refractivity contribution in [1.29, 1.82) is 0 Å². The predicted octanol–water partition coefficient (Wildman–Crippen LogP) is 0.218. The van der Waals surface area contributed by atoms with Crippen molar-refractivity contribution in [2.75, 3.05) is 20.8 Å². The van der Waals surface area contributed by atoms with Crippen LogP contribution in [0.1, 0.15) is 12.8 Å². The standard InChI is InChI=1S/C7H12NO3Si/c1-10-7(12,11-2)4-3-5-8-6-9/h3-5H2,1-2H3. The van der Waals surface area contributed by atoms with E-state index in [-0.39, 0.29) is 0 Å². The predicted molar refractivity (Wildman–Crippen MR) is 44.7 cm³/mol. The summed E-state index contributed by atoms with van der Waals surface area (Å²) in [6, 6.07) is 0. The van der Waals surface area contributed by atoms with Gasteiger partial charge in [-0.15, -0.1) is 0 Å². The maximum absolute atomic E-state index is 9.70. The van der Waals surface area contributed by atoms with Crippen molar-refractivity contribution in [3.8, 4) is 0 Å². The third-order valence-corrected chi connectivity index (χ3v) is 2.16. The molecule has 0 unspecified atom stereocenters. The largest absolute Gasteiger partial charge is 0.358 e. The number of hydrogen-bond acceptors (Lipinski definition) is 4. The van der Waals surface area contributed by atoms with E-state index in [1.54, 1.807) is 14.2 Å². The number of carbonyl (C=O) groups excluding carboxylic acids is 1. The van der Waals surface area contributed by atoms with Gasteiger partial charge in [-0.25, -0.2) is 9.79 Å². The fourth-order valence-corrected chi connectivity index (χ4v) is 0.901. The summed E-state index contributed by atoms with van der Waals surface area (Å²) in [6.07, 6.45) is 2.80. The van der Waals surface area contributed by atoms with Gasteiger partial charge in [-0.3, -0.25) is 0 Å². The molecular formula is C7H12NO3Si. The van der Waals surface area contributed by atoms with E-state index in [4.69, 9.17) is 9.47 Å². The van der Waals surface area contributed by atoms with Gasteiger partial charge < -0.3 is 9.47 Å². The lowest BCUT2D eigenvalue weighted by molar-refractivity contribution is -0.146. The Kier molecular flexibility index (Phi) is 5.83. The fraction of sp³-hybridized carbons (Fsp3) is 0.857. The van der Waals surface area contributed by atoms with E-state index in [1.807, 2.05) is 0 Å². The SMILES string of the molecule is COC([Si])(CCCN=C=O)OC. The monoisotopic (exact) mass is 186 g/mol. The van der Waals surface area contributed by atoms with Crippen molar-refractivity contribution in [3.05, 3.63) is 0 Å². The average molecular weight is 186 g/mol. The van der Waals surface area contributed by atoms with E-state index in [1.165, 1.54) is 6.08 Å². The van der Waals surface area contributed by atoms with Crippen LogP contribution < -0.4 is 0 Å². The molecule has 0 saturated carbocycles. The Morgan fingerprint density at radius 3 is 2.50 bits per heavy atom. The van der Waals surface area contributed by atoms with E-state index in [9.17, 15) is 4.79 Å². The van der Waals surface area contributed by atoms with Gasteiger partial charge in [0.25, 0.3) is 0 Å². The molecule has 0 rings (SSSR count). The molecule has 4 nitrogen and oxygen atoms in total. The molecule has 0 spiro atoms. The zero-order chi connectivity index (χ0) is 9.45. The van der Waals surface area contributed by atoms with Crippen LogP contribution in [0.5, 0.6) is 0 Å².